The van der Waals surface area contributed by atoms with E-state index in [-0.39, 0.29) is 11.9 Å². The van der Waals surface area contributed by atoms with Crippen LogP contribution in [0.3, 0.4) is 0 Å². The van der Waals surface area contributed by atoms with E-state index in [1.807, 2.05) is 49.4 Å². The molecular weight excluding hydrogens is 324 g/mol. The molecule has 1 unspecified atom stereocenters. The molecule has 3 rings (SSSR count). The van der Waals surface area contributed by atoms with E-state index in [0.717, 1.165) is 35.2 Å². The van der Waals surface area contributed by atoms with Crippen LogP contribution in [-0.2, 0) is 11.2 Å². The van der Waals surface area contributed by atoms with Crippen molar-refractivity contribution in [2.24, 2.45) is 0 Å². The van der Waals surface area contributed by atoms with Gasteiger partial charge in [-0.3, -0.25) is 9.78 Å². The molecule has 5 nitrogen and oxygen atoms in total. The smallest absolute Gasteiger partial charge is 0.220 e. The van der Waals surface area contributed by atoms with Gasteiger partial charge in [0.15, 0.2) is 0 Å². The number of rotatable bonds is 7. The number of nitrogens with zero attached hydrogens (tertiary/aromatic N) is 3. The fourth-order valence-electron chi connectivity index (χ4n) is 2.79. The Bertz CT molecular complexity index is 820. The van der Waals surface area contributed by atoms with Crippen molar-refractivity contribution in [3.8, 4) is 11.1 Å². The Hall–Kier alpha value is -3.08. The van der Waals surface area contributed by atoms with Crippen molar-refractivity contribution in [2.45, 2.75) is 32.2 Å². The van der Waals surface area contributed by atoms with Gasteiger partial charge in [0.2, 0.25) is 5.91 Å². The molecule has 0 aliphatic rings. The van der Waals surface area contributed by atoms with E-state index in [1.165, 1.54) is 6.33 Å². The maximum absolute atomic E-state index is 12.2. The Morgan fingerprint density at radius 2 is 1.81 bits per heavy atom. The van der Waals surface area contributed by atoms with Crippen LogP contribution >= 0.6 is 0 Å². The van der Waals surface area contributed by atoms with Crippen LogP contribution < -0.4 is 5.32 Å². The summed E-state index contributed by atoms with van der Waals surface area (Å²) in [6, 6.07) is 13.9. The summed E-state index contributed by atoms with van der Waals surface area (Å²) in [7, 11) is 0. The van der Waals surface area contributed by atoms with Gasteiger partial charge in [-0.25, -0.2) is 9.97 Å². The highest BCUT2D eigenvalue weighted by Crippen LogP contribution is 2.20. The molecule has 0 spiro atoms. The number of aromatic nitrogens is 3. The zero-order valence-corrected chi connectivity index (χ0v) is 14.8. The number of hydrogen-bond donors (Lipinski definition) is 1. The zero-order valence-electron chi connectivity index (χ0n) is 14.8. The maximum atomic E-state index is 12.2. The third-order valence-electron chi connectivity index (χ3n) is 4.24. The summed E-state index contributed by atoms with van der Waals surface area (Å²) in [6.07, 6.45) is 8.98. The topological polar surface area (TPSA) is 67.8 Å². The van der Waals surface area contributed by atoms with Gasteiger partial charge >= 0.3 is 0 Å². The van der Waals surface area contributed by atoms with E-state index in [0.29, 0.717) is 6.42 Å². The van der Waals surface area contributed by atoms with Gasteiger partial charge in [-0.2, -0.15) is 0 Å². The summed E-state index contributed by atoms with van der Waals surface area (Å²) in [5, 5.41) is 3.06. The maximum Gasteiger partial charge on any atom is 0.220 e. The lowest BCUT2D eigenvalue weighted by atomic mass is 10.0. The largest absolute Gasteiger partial charge is 0.350 e. The molecule has 5 heteroatoms. The van der Waals surface area contributed by atoms with Crippen molar-refractivity contribution >= 4 is 5.91 Å². The number of amides is 1. The van der Waals surface area contributed by atoms with Gasteiger partial charge in [-0.05, 0) is 43.0 Å². The van der Waals surface area contributed by atoms with Gasteiger partial charge < -0.3 is 5.32 Å². The Balaban J connectivity index is 1.49. The first-order chi connectivity index (χ1) is 12.7. The molecule has 0 saturated carbocycles. The predicted molar refractivity (Wildman–Crippen MR) is 101 cm³/mol. The Labute approximate surface area is 153 Å². The highest BCUT2D eigenvalue weighted by atomic mass is 16.1. The molecule has 26 heavy (non-hydrogen) atoms. The third kappa shape index (κ3) is 4.96. The predicted octanol–water partition coefficient (Wildman–Crippen LogP) is 3.74. The SMILES string of the molecule is CC(NC(=O)CCCc1ccccn1)c1ccc(-c2cncnc2)cc1. The quantitative estimate of drug-likeness (QED) is 0.708. The van der Waals surface area contributed by atoms with Crippen LogP contribution in [-0.4, -0.2) is 20.9 Å². The number of aryl methyl sites for hydroxylation is 1. The molecule has 0 radical (unpaired) electrons. The first-order valence-electron chi connectivity index (χ1n) is 8.77. The molecule has 1 N–H and O–H groups in total. The van der Waals surface area contributed by atoms with E-state index in [2.05, 4.69) is 20.3 Å². The van der Waals surface area contributed by atoms with Crippen LogP contribution in [0.5, 0.6) is 0 Å². The second-order valence-electron chi connectivity index (χ2n) is 6.21. The number of carbonyl (C=O) groups excluding carboxylic acids is 1. The monoisotopic (exact) mass is 346 g/mol. The van der Waals surface area contributed by atoms with Crippen LogP contribution in [0.25, 0.3) is 11.1 Å². The van der Waals surface area contributed by atoms with Crippen molar-refractivity contribution in [3.05, 3.63) is 78.6 Å². The summed E-state index contributed by atoms with van der Waals surface area (Å²) in [5.74, 6) is 0.0639. The van der Waals surface area contributed by atoms with Crippen LogP contribution in [0.2, 0.25) is 0 Å². The second-order valence-corrected chi connectivity index (χ2v) is 6.21. The van der Waals surface area contributed by atoms with Gasteiger partial charge in [-0.1, -0.05) is 30.3 Å². The minimum absolute atomic E-state index is 0.0292. The molecule has 0 aliphatic heterocycles. The Kier molecular flexibility index (Phi) is 6.04. The molecule has 0 fully saturated rings. The van der Waals surface area contributed by atoms with Gasteiger partial charge in [0.1, 0.15) is 6.33 Å². The highest BCUT2D eigenvalue weighted by molar-refractivity contribution is 5.76. The van der Waals surface area contributed by atoms with Crippen molar-refractivity contribution < 1.29 is 4.79 Å². The minimum atomic E-state index is -0.0292. The van der Waals surface area contributed by atoms with E-state index in [9.17, 15) is 4.79 Å². The van der Waals surface area contributed by atoms with Crippen molar-refractivity contribution in [3.63, 3.8) is 0 Å². The standard InChI is InChI=1S/C21H22N4O/c1-16(25-21(26)7-4-6-20-5-2-3-12-24-20)17-8-10-18(11-9-17)19-13-22-15-23-14-19/h2-3,5,8-16H,4,6-7H2,1H3,(H,25,26). The van der Waals surface area contributed by atoms with Gasteiger partial charge in [0.05, 0.1) is 6.04 Å². The average Bonchev–Trinajstić information content (AvgIpc) is 2.69. The lowest BCUT2D eigenvalue weighted by Gasteiger charge is -2.15. The summed E-state index contributed by atoms with van der Waals surface area (Å²) >= 11 is 0. The molecular formula is C21H22N4O. The summed E-state index contributed by atoms with van der Waals surface area (Å²) in [5.41, 5.74) is 4.13. The summed E-state index contributed by atoms with van der Waals surface area (Å²) in [4.78, 5) is 24.5. The number of benzene rings is 1. The molecule has 3 aromatic rings. The first kappa shape index (κ1) is 17.7. The van der Waals surface area contributed by atoms with Crippen LogP contribution in [0.4, 0.5) is 0 Å². The fourth-order valence-corrected chi connectivity index (χ4v) is 2.79. The van der Waals surface area contributed by atoms with E-state index in [4.69, 9.17) is 0 Å². The van der Waals surface area contributed by atoms with Crippen molar-refractivity contribution in [2.75, 3.05) is 0 Å². The van der Waals surface area contributed by atoms with E-state index >= 15 is 0 Å². The highest BCUT2D eigenvalue weighted by Gasteiger charge is 2.10. The van der Waals surface area contributed by atoms with E-state index < -0.39 is 0 Å². The molecule has 1 aromatic carbocycles. The molecule has 2 aromatic heterocycles. The van der Waals surface area contributed by atoms with Gasteiger partial charge in [0, 0.05) is 36.3 Å². The molecule has 1 amide bonds. The number of hydrogen-bond acceptors (Lipinski definition) is 4. The first-order valence-corrected chi connectivity index (χ1v) is 8.77. The molecule has 0 aliphatic carbocycles. The number of pyridine rings is 1. The van der Waals surface area contributed by atoms with Gasteiger partial charge in [0.25, 0.3) is 0 Å². The lowest BCUT2D eigenvalue weighted by molar-refractivity contribution is -0.121. The summed E-state index contributed by atoms with van der Waals surface area (Å²) in [6.45, 7) is 2.00. The zero-order chi connectivity index (χ0) is 18.2. The van der Waals surface area contributed by atoms with Crippen molar-refractivity contribution in [1.29, 1.82) is 0 Å². The third-order valence-corrected chi connectivity index (χ3v) is 4.24. The number of nitrogens with one attached hydrogen (secondary N) is 1. The summed E-state index contributed by atoms with van der Waals surface area (Å²) < 4.78 is 0. The normalized spacial score (nSPS) is 11.7. The molecule has 0 saturated heterocycles. The molecule has 2 heterocycles. The Morgan fingerprint density at radius 1 is 1.04 bits per heavy atom. The minimum Gasteiger partial charge on any atom is -0.350 e. The Morgan fingerprint density at radius 3 is 2.50 bits per heavy atom. The van der Waals surface area contributed by atoms with E-state index in [1.54, 1.807) is 18.6 Å². The van der Waals surface area contributed by atoms with Crippen LogP contribution in [0.1, 0.15) is 37.1 Å². The van der Waals surface area contributed by atoms with Crippen LogP contribution in [0.15, 0.2) is 67.4 Å². The molecule has 0 bridgehead atoms. The van der Waals surface area contributed by atoms with Crippen molar-refractivity contribution in [1.82, 2.24) is 20.3 Å². The van der Waals surface area contributed by atoms with Gasteiger partial charge in [-0.15, -0.1) is 0 Å². The van der Waals surface area contributed by atoms with Crippen LogP contribution in [0, 0.1) is 0 Å². The lowest BCUT2D eigenvalue weighted by Crippen LogP contribution is -2.26. The molecule has 132 valence electrons. The molecule has 1 atom stereocenters. The number of carbonyl (C=O) groups is 1. The second kappa shape index (κ2) is 8.85. The fraction of sp³-hybridized carbons (Fsp3) is 0.238. The average molecular weight is 346 g/mol.